The van der Waals surface area contributed by atoms with Gasteiger partial charge in [0.1, 0.15) is 5.58 Å². The lowest BCUT2D eigenvalue weighted by Crippen LogP contribution is -2.61. The van der Waals surface area contributed by atoms with Gasteiger partial charge in [0.25, 0.3) is 6.71 Å². The third-order valence-corrected chi connectivity index (χ3v) is 15.8. The molecule has 0 fully saturated rings. The third-order valence-electron chi connectivity index (χ3n) is 15.8. The number of benzene rings is 9. The van der Waals surface area contributed by atoms with E-state index in [0.717, 1.165) is 61.8 Å². The van der Waals surface area contributed by atoms with Crippen LogP contribution in [0.2, 0.25) is 0 Å². The van der Waals surface area contributed by atoms with Crippen molar-refractivity contribution in [3.8, 4) is 11.1 Å². The number of hydrogen-bond acceptors (Lipinski definition) is 4. The minimum Gasteiger partial charge on any atom is -0.454 e. The van der Waals surface area contributed by atoms with Crippen LogP contribution in [0.25, 0.3) is 33.1 Å². The molecule has 0 unspecified atom stereocenters. The normalized spacial score (nSPS) is 13.5. The number of anilines is 9. The highest BCUT2D eigenvalue weighted by molar-refractivity contribution is 7.00. The van der Waals surface area contributed by atoms with E-state index in [9.17, 15) is 0 Å². The minimum atomic E-state index is -0.119. The maximum absolute atomic E-state index is 7.25. The monoisotopic (exact) mass is 978 g/mol. The van der Waals surface area contributed by atoms with Crippen LogP contribution in [0.3, 0.4) is 0 Å². The molecule has 75 heavy (non-hydrogen) atoms. The van der Waals surface area contributed by atoms with Gasteiger partial charge in [-0.2, -0.15) is 0 Å². The first-order valence-corrected chi connectivity index (χ1v) is 26.9. The molecule has 9 aromatic carbocycles. The molecule has 0 saturated carbocycles. The summed E-state index contributed by atoms with van der Waals surface area (Å²) in [5.41, 5.74) is 22.9. The van der Waals surface area contributed by atoms with Gasteiger partial charge in [-0.15, -0.1) is 0 Å². The van der Waals surface area contributed by atoms with Gasteiger partial charge in [0.2, 0.25) is 0 Å². The second-order valence-electron chi connectivity index (χ2n) is 25.1. The van der Waals surface area contributed by atoms with Crippen LogP contribution < -0.4 is 31.1 Å². The molecule has 0 amide bonds. The summed E-state index contributed by atoms with van der Waals surface area (Å²) in [5.74, 6) is 0. The average Bonchev–Trinajstić information content (AvgIpc) is 3.78. The zero-order valence-corrected chi connectivity index (χ0v) is 45.8. The van der Waals surface area contributed by atoms with E-state index in [1.54, 1.807) is 0 Å². The van der Waals surface area contributed by atoms with Gasteiger partial charge in [-0.1, -0.05) is 217 Å². The Morgan fingerprint density at radius 2 is 0.907 bits per heavy atom. The highest BCUT2D eigenvalue weighted by Gasteiger charge is 2.45. The van der Waals surface area contributed by atoms with Gasteiger partial charge < -0.3 is 19.1 Å². The van der Waals surface area contributed by atoms with Gasteiger partial charge in [0, 0.05) is 56.0 Å². The van der Waals surface area contributed by atoms with E-state index < -0.39 is 0 Å². The summed E-state index contributed by atoms with van der Waals surface area (Å²) < 4.78 is 7.25. The molecule has 0 N–H and O–H groups in total. The van der Waals surface area contributed by atoms with Gasteiger partial charge in [-0.05, 0) is 121 Å². The maximum Gasteiger partial charge on any atom is 0.252 e. The summed E-state index contributed by atoms with van der Waals surface area (Å²) in [6.07, 6.45) is 0. The van der Waals surface area contributed by atoms with Crippen molar-refractivity contribution < 1.29 is 4.42 Å². The fourth-order valence-corrected chi connectivity index (χ4v) is 11.8. The molecule has 0 radical (unpaired) electrons. The van der Waals surface area contributed by atoms with Crippen LogP contribution in [0.1, 0.15) is 105 Å². The lowest BCUT2D eigenvalue weighted by molar-refractivity contribution is 0.573. The predicted molar refractivity (Wildman–Crippen MR) is 323 cm³/mol. The Balaban J connectivity index is 1.24. The SMILES string of the molecule is CC(C)(C)c1ccc(N2c3ccc(C(C)(C)C)cc3B3c4cc(C(C)(C)C)ccc4N(c4ccccc4-c4ccccc4)c4cc(N(c5ccccc5)c5cccc6c5oc5c(C(C)(C)C)cccc56)cc2c43)cc1. The Morgan fingerprint density at radius 1 is 0.387 bits per heavy atom. The molecule has 372 valence electrons. The van der Waals surface area contributed by atoms with Crippen molar-refractivity contribution in [3.63, 3.8) is 0 Å². The van der Waals surface area contributed by atoms with Crippen LogP contribution in [-0.4, -0.2) is 6.71 Å². The Kier molecular flexibility index (Phi) is 11.2. The van der Waals surface area contributed by atoms with Gasteiger partial charge in [0.05, 0.1) is 17.1 Å². The standard InChI is InChI=1S/C70H68BN3O/c1-67(2,3)46-33-37-50(38-34-46)73-59-39-35-47(68(4,5)6)41-56(59)71-57-42-48(69(7,8)9)36-40-60(57)74(58-31-20-19-27-52(58)45-23-15-13-16-24-45)63-44-51(43-62(73)64(63)71)72(49-25-17-14-18-26-49)61-32-22-29-54-53-28-21-30-55(70(10,11)12)65(53)75-66(54)61/h13-44H,1-12H3. The van der Waals surface area contributed by atoms with Crippen molar-refractivity contribution in [2.24, 2.45) is 0 Å². The fraction of sp³-hybridized carbons (Fsp3) is 0.229. The first kappa shape index (κ1) is 48.2. The quantitative estimate of drug-likeness (QED) is 0.155. The Bertz CT molecular complexity index is 3820. The molecule has 0 atom stereocenters. The van der Waals surface area contributed by atoms with Crippen LogP contribution in [0.5, 0.6) is 0 Å². The Morgan fingerprint density at radius 3 is 1.51 bits per heavy atom. The average molecular weight is 978 g/mol. The summed E-state index contributed by atoms with van der Waals surface area (Å²) in [6.45, 7) is 27.7. The Hall–Kier alpha value is -7.76. The molecule has 4 nitrogen and oxygen atoms in total. The van der Waals surface area contributed by atoms with E-state index >= 15 is 0 Å². The second-order valence-corrected chi connectivity index (χ2v) is 25.1. The van der Waals surface area contributed by atoms with E-state index in [0.29, 0.717) is 0 Å². The van der Waals surface area contributed by atoms with E-state index in [1.807, 2.05) is 0 Å². The van der Waals surface area contributed by atoms with Crippen molar-refractivity contribution in [1.29, 1.82) is 0 Å². The van der Waals surface area contributed by atoms with Crippen molar-refractivity contribution >= 4 is 96.2 Å². The molecular formula is C70H68BN3O. The molecule has 2 aliphatic rings. The van der Waals surface area contributed by atoms with Crippen molar-refractivity contribution in [1.82, 2.24) is 0 Å². The van der Waals surface area contributed by atoms with E-state index in [-0.39, 0.29) is 28.4 Å². The lowest BCUT2D eigenvalue weighted by atomic mass is 9.33. The highest BCUT2D eigenvalue weighted by Crippen LogP contribution is 2.52. The molecule has 0 aliphatic carbocycles. The molecule has 0 spiro atoms. The number of hydrogen-bond donors (Lipinski definition) is 0. The maximum atomic E-state index is 7.25. The zero-order chi connectivity index (χ0) is 52.3. The minimum absolute atomic E-state index is 0.00720. The number of nitrogens with zero attached hydrogens (tertiary/aromatic N) is 3. The molecule has 0 bridgehead atoms. The largest absolute Gasteiger partial charge is 0.454 e. The molecule has 10 aromatic rings. The van der Waals surface area contributed by atoms with Gasteiger partial charge in [0.15, 0.2) is 5.58 Å². The second kappa shape index (κ2) is 17.4. The molecular weight excluding hydrogens is 910 g/mol. The van der Waals surface area contributed by atoms with E-state index in [4.69, 9.17) is 4.42 Å². The molecule has 0 saturated heterocycles. The summed E-state index contributed by atoms with van der Waals surface area (Å²) in [6, 6.07) is 72.9. The van der Waals surface area contributed by atoms with Crippen LogP contribution >= 0.6 is 0 Å². The van der Waals surface area contributed by atoms with Gasteiger partial charge in [-0.3, -0.25) is 0 Å². The summed E-state index contributed by atoms with van der Waals surface area (Å²) in [5, 5.41) is 2.22. The van der Waals surface area contributed by atoms with Gasteiger partial charge >= 0.3 is 0 Å². The van der Waals surface area contributed by atoms with Crippen LogP contribution in [-0.2, 0) is 21.7 Å². The topological polar surface area (TPSA) is 22.9 Å². The molecule has 2 aliphatic heterocycles. The van der Waals surface area contributed by atoms with Crippen molar-refractivity contribution in [3.05, 3.63) is 216 Å². The number of para-hydroxylation sites is 4. The van der Waals surface area contributed by atoms with Crippen LogP contribution in [0, 0.1) is 0 Å². The van der Waals surface area contributed by atoms with E-state index in [2.05, 4.69) is 292 Å². The third kappa shape index (κ3) is 8.14. The molecule has 3 heterocycles. The molecule has 12 rings (SSSR count). The van der Waals surface area contributed by atoms with Crippen molar-refractivity contribution in [2.45, 2.75) is 105 Å². The zero-order valence-electron chi connectivity index (χ0n) is 45.8. The van der Waals surface area contributed by atoms with Crippen LogP contribution in [0.15, 0.2) is 199 Å². The summed E-state index contributed by atoms with van der Waals surface area (Å²) in [4.78, 5) is 7.59. The van der Waals surface area contributed by atoms with E-state index in [1.165, 1.54) is 61.1 Å². The van der Waals surface area contributed by atoms with Crippen LogP contribution in [0.4, 0.5) is 51.2 Å². The van der Waals surface area contributed by atoms with Gasteiger partial charge in [-0.25, -0.2) is 0 Å². The highest BCUT2D eigenvalue weighted by atomic mass is 16.3. The number of fused-ring (bicyclic) bond motifs is 7. The molecule has 5 heteroatoms. The first-order valence-electron chi connectivity index (χ1n) is 26.9. The predicted octanol–water partition coefficient (Wildman–Crippen LogP) is 18.0. The Labute approximate surface area is 445 Å². The fourth-order valence-electron chi connectivity index (χ4n) is 11.8. The number of furan rings is 1. The lowest BCUT2D eigenvalue weighted by Gasteiger charge is -2.46. The summed E-state index contributed by atoms with van der Waals surface area (Å²) in [7, 11) is 0. The van der Waals surface area contributed by atoms with Crippen molar-refractivity contribution in [2.75, 3.05) is 14.7 Å². The summed E-state index contributed by atoms with van der Waals surface area (Å²) >= 11 is 0. The number of rotatable bonds is 6. The molecule has 1 aromatic heterocycles. The first-order chi connectivity index (χ1) is 35.8. The smallest absolute Gasteiger partial charge is 0.252 e.